The SMILES string of the molecule is CC(C)(O)COCN. The first-order valence-corrected chi connectivity index (χ1v) is 2.56. The standard InChI is InChI=1S/C5H13NO2/c1-5(2,7)3-8-4-6/h7H,3-4,6H2,1-2H3. The van der Waals surface area contributed by atoms with Crippen LogP contribution in [0.3, 0.4) is 0 Å². The summed E-state index contributed by atoms with van der Waals surface area (Å²) in [6.07, 6.45) is 0. The number of aliphatic hydroxyl groups is 1. The zero-order valence-corrected chi connectivity index (χ0v) is 5.35. The quantitative estimate of drug-likeness (QED) is 0.501. The summed E-state index contributed by atoms with van der Waals surface area (Å²) in [4.78, 5) is 0. The van der Waals surface area contributed by atoms with Crippen molar-refractivity contribution in [3.05, 3.63) is 0 Å². The second kappa shape index (κ2) is 3.02. The van der Waals surface area contributed by atoms with E-state index in [0.29, 0.717) is 6.61 Å². The average molecular weight is 119 g/mol. The van der Waals surface area contributed by atoms with Crippen molar-refractivity contribution in [3.63, 3.8) is 0 Å². The van der Waals surface area contributed by atoms with Gasteiger partial charge in [0.25, 0.3) is 0 Å². The molecule has 0 amide bonds. The molecule has 0 aliphatic carbocycles. The Bertz CT molecular complexity index is 57.9. The van der Waals surface area contributed by atoms with Crippen molar-refractivity contribution in [2.24, 2.45) is 5.73 Å². The van der Waals surface area contributed by atoms with Gasteiger partial charge in [-0.15, -0.1) is 0 Å². The lowest BCUT2D eigenvalue weighted by atomic mass is 10.2. The van der Waals surface area contributed by atoms with Gasteiger partial charge >= 0.3 is 0 Å². The molecular formula is C5H13NO2. The van der Waals surface area contributed by atoms with Gasteiger partial charge < -0.3 is 15.6 Å². The van der Waals surface area contributed by atoms with Crippen LogP contribution >= 0.6 is 0 Å². The Kier molecular flexibility index (Phi) is 2.97. The summed E-state index contributed by atoms with van der Waals surface area (Å²) < 4.78 is 4.73. The molecule has 0 aromatic rings. The molecule has 0 aliphatic rings. The zero-order chi connectivity index (χ0) is 6.62. The second-order valence-corrected chi connectivity index (χ2v) is 2.33. The van der Waals surface area contributed by atoms with Crippen molar-refractivity contribution in [2.45, 2.75) is 19.4 Å². The highest BCUT2D eigenvalue weighted by atomic mass is 16.5. The van der Waals surface area contributed by atoms with E-state index in [-0.39, 0.29) is 6.73 Å². The lowest BCUT2D eigenvalue weighted by Gasteiger charge is -2.15. The molecule has 0 saturated heterocycles. The molecule has 8 heavy (non-hydrogen) atoms. The van der Waals surface area contributed by atoms with Crippen LogP contribution in [0.25, 0.3) is 0 Å². The maximum absolute atomic E-state index is 8.97. The molecule has 0 aliphatic heterocycles. The minimum absolute atomic E-state index is 0.171. The van der Waals surface area contributed by atoms with Crippen molar-refractivity contribution < 1.29 is 9.84 Å². The number of ether oxygens (including phenoxy) is 1. The summed E-state index contributed by atoms with van der Waals surface area (Å²) >= 11 is 0. The van der Waals surface area contributed by atoms with Crippen LogP contribution in [0.1, 0.15) is 13.8 Å². The maximum atomic E-state index is 8.97. The third kappa shape index (κ3) is 5.88. The van der Waals surface area contributed by atoms with Crippen molar-refractivity contribution in [1.82, 2.24) is 0 Å². The first-order valence-electron chi connectivity index (χ1n) is 2.56. The lowest BCUT2D eigenvalue weighted by Crippen LogP contribution is -2.27. The topological polar surface area (TPSA) is 55.5 Å². The normalized spacial score (nSPS) is 12.0. The average Bonchev–Trinajstić information content (AvgIpc) is 1.59. The molecule has 3 N–H and O–H groups in total. The fourth-order valence-corrected chi connectivity index (χ4v) is 0.309. The summed E-state index contributed by atoms with van der Waals surface area (Å²) in [5.41, 5.74) is 4.25. The van der Waals surface area contributed by atoms with E-state index < -0.39 is 5.60 Å². The van der Waals surface area contributed by atoms with Gasteiger partial charge in [-0.2, -0.15) is 0 Å². The van der Waals surface area contributed by atoms with E-state index in [4.69, 9.17) is 15.6 Å². The third-order valence-electron chi connectivity index (χ3n) is 0.573. The van der Waals surface area contributed by atoms with Crippen LogP contribution in [0, 0.1) is 0 Å². The third-order valence-corrected chi connectivity index (χ3v) is 0.573. The van der Waals surface area contributed by atoms with E-state index in [0.717, 1.165) is 0 Å². The molecule has 50 valence electrons. The predicted octanol–water partition coefficient (Wildman–Crippen LogP) is -0.310. The Morgan fingerprint density at radius 2 is 2.12 bits per heavy atom. The number of hydrogen-bond acceptors (Lipinski definition) is 3. The molecule has 3 nitrogen and oxygen atoms in total. The minimum Gasteiger partial charge on any atom is -0.388 e. The van der Waals surface area contributed by atoms with Crippen LogP contribution in [-0.4, -0.2) is 24.0 Å². The second-order valence-electron chi connectivity index (χ2n) is 2.33. The molecule has 0 spiro atoms. The summed E-state index contributed by atoms with van der Waals surface area (Å²) in [6, 6.07) is 0. The van der Waals surface area contributed by atoms with Gasteiger partial charge in [0.05, 0.1) is 18.9 Å². The van der Waals surface area contributed by atoms with Gasteiger partial charge in [-0.25, -0.2) is 0 Å². The molecule has 0 fully saturated rings. The molecule has 0 radical (unpaired) electrons. The summed E-state index contributed by atoms with van der Waals surface area (Å²) in [6.45, 7) is 3.80. The molecule has 0 aromatic carbocycles. The van der Waals surface area contributed by atoms with E-state index in [1.807, 2.05) is 0 Å². The van der Waals surface area contributed by atoms with Crippen molar-refractivity contribution >= 4 is 0 Å². The van der Waals surface area contributed by atoms with E-state index in [1.54, 1.807) is 13.8 Å². The van der Waals surface area contributed by atoms with Gasteiger partial charge in [0.15, 0.2) is 0 Å². The van der Waals surface area contributed by atoms with Crippen molar-refractivity contribution in [1.29, 1.82) is 0 Å². The molecule has 0 heterocycles. The van der Waals surface area contributed by atoms with Crippen LogP contribution < -0.4 is 5.73 Å². The Balaban J connectivity index is 3.11. The van der Waals surface area contributed by atoms with Crippen LogP contribution in [0.2, 0.25) is 0 Å². The van der Waals surface area contributed by atoms with E-state index >= 15 is 0 Å². The maximum Gasteiger partial charge on any atom is 0.0941 e. The van der Waals surface area contributed by atoms with Gasteiger partial charge in [0.1, 0.15) is 0 Å². The highest BCUT2D eigenvalue weighted by Crippen LogP contribution is 1.98. The predicted molar refractivity (Wildman–Crippen MR) is 31.3 cm³/mol. The Morgan fingerprint density at radius 3 is 2.25 bits per heavy atom. The molecule has 3 heteroatoms. The fraction of sp³-hybridized carbons (Fsp3) is 1.00. The Hall–Kier alpha value is -0.120. The van der Waals surface area contributed by atoms with Crippen molar-refractivity contribution in [2.75, 3.05) is 13.3 Å². The van der Waals surface area contributed by atoms with Crippen LogP contribution in [-0.2, 0) is 4.74 Å². The van der Waals surface area contributed by atoms with Gasteiger partial charge in [0.2, 0.25) is 0 Å². The van der Waals surface area contributed by atoms with Gasteiger partial charge in [-0.1, -0.05) is 0 Å². The lowest BCUT2D eigenvalue weighted by molar-refractivity contribution is -0.0189. The van der Waals surface area contributed by atoms with Crippen LogP contribution in [0.5, 0.6) is 0 Å². The fourth-order valence-electron chi connectivity index (χ4n) is 0.309. The zero-order valence-electron chi connectivity index (χ0n) is 5.35. The summed E-state index contributed by atoms with van der Waals surface area (Å²) in [5, 5.41) is 8.97. The first-order chi connectivity index (χ1) is 3.56. The summed E-state index contributed by atoms with van der Waals surface area (Å²) in [7, 11) is 0. The highest BCUT2D eigenvalue weighted by molar-refractivity contribution is 4.61. The molecule has 0 atom stereocenters. The van der Waals surface area contributed by atoms with E-state index in [2.05, 4.69) is 0 Å². The first kappa shape index (κ1) is 7.88. The largest absolute Gasteiger partial charge is 0.388 e. The molecule has 0 rings (SSSR count). The number of rotatable bonds is 3. The van der Waals surface area contributed by atoms with Crippen LogP contribution in [0.4, 0.5) is 0 Å². The van der Waals surface area contributed by atoms with E-state index in [9.17, 15) is 0 Å². The van der Waals surface area contributed by atoms with E-state index in [1.165, 1.54) is 0 Å². The minimum atomic E-state index is -0.751. The monoisotopic (exact) mass is 119 g/mol. The van der Waals surface area contributed by atoms with Crippen molar-refractivity contribution in [3.8, 4) is 0 Å². The molecule has 0 unspecified atom stereocenters. The molecular weight excluding hydrogens is 106 g/mol. The van der Waals surface area contributed by atoms with Gasteiger partial charge in [0, 0.05) is 0 Å². The smallest absolute Gasteiger partial charge is 0.0941 e. The Labute approximate surface area is 49.4 Å². The van der Waals surface area contributed by atoms with Gasteiger partial charge in [-0.05, 0) is 13.8 Å². The van der Waals surface area contributed by atoms with Crippen LogP contribution in [0.15, 0.2) is 0 Å². The van der Waals surface area contributed by atoms with Gasteiger partial charge in [-0.3, -0.25) is 0 Å². The number of hydrogen-bond donors (Lipinski definition) is 2. The molecule has 0 aromatic heterocycles. The molecule has 0 saturated carbocycles. The molecule has 0 bridgehead atoms. The number of nitrogens with two attached hydrogens (primary N) is 1. The Morgan fingerprint density at radius 1 is 1.62 bits per heavy atom. The summed E-state index contributed by atoms with van der Waals surface area (Å²) in [5.74, 6) is 0. The highest BCUT2D eigenvalue weighted by Gasteiger charge is 2.10.